The third kappa shape index (κ3) is 5.18. The summed E-state index contributed by atoms with van der Waals surface area (Å²) in [6.45, 7) is 5.58. The van der Waals surface area contributed by atoms with Crippen molar-refractivity contribution < 1.29 is 13.2 Å². The molecule has 3 aromatic rings. The summed E-state index contributed by atoms with van der Waals surface area (Å²) in [7, 11) is -3.28. The van der Waals surface area contributed by atoms with Gasteiger partial charge in [-0.3, -0.25) is 4.98 Å². The molecule has 2 aliphatic rings. The first kappa shape index (κ1) is 23.1. The second-order valence-corrected chi connectivity index (χ2v) is 11.7. The molecule has 0 unspecified atom stereocenters. The Morgan fingerprint density at radius 3 is 2.41 bits per heavy atom. The van der Waals surface area contributed by atoms with Gasteiger partial charge >= 0.3 is 0 Å². The Hall–Kier alpha value is -2.70. The van der Waals surface area contributed by atoms with Gasteiger partial charge in [-0.05, 0) is 78.7 Å². The molecule has 5 rings (SSSR count). The molecule has 2 aromatic carbocycles. The molecular weight excluding hydrogens is 444 g/mol. The Morgan fingerprint density at radius 1 is 0.941 bits per heavy atom. The van der Waals surface area contributed by atoms with E-state index < -0.39 is 9.84 Å². The van der Waals surface area contributed by atoms with Crippen molar-refractivity contribution in [2.75, 3.05) is 19.6 Å². The second-order valence-electron chi connectivity index (χ2n) is 9.59. The maximum absolute atomic E-state index is 12.6. The van der Waals surface area contributed by atoms with E-state index in [0.717, 1.165) is 67.8 Å². The van der Waals surface area contributed by atoms with E-state index in [2.05, 4.69) is 35.0 Å². The smallest absolute Gasteiger partial charge is 0.160 e. The van der Waals surface area contributed by atoms with Crippen molar-refractivity contribution in [3.05, 3.63) is 83.7 Å². The van der Waals surface area contributed by atoms with Crippen LogP contribution in [0.1, 0.15) is 43.0 Å². The van der Waals surface area contributed by atoms with E-state index in [1.807, 2.05) is 30.3 Å². The zero-order valence-electron chi connectivity index (χ0n) is 19.7. The molecule has 0 aliphatic carbocycles. The summed E-state index contributed by atoms with van der Waals surface area (Å²) in [5, 5.41) is 0. The van der Waals surface area contributed by atoms with E-state index in [1.54, 1.807) is 18.3 Å². The van der Waals surface area contributed by atoms with Crippen LogP contribution in [0.25, 0.3) is 11.1 Å². The number of aromatic nitrogens is 1. The van der Waals surface area contributed by atoms with Crippen molar-refractivity contribution in [2.45, 2.75) is 49.7 Å². The fourth-order valence-electron chi connectivity index (χ4n) is 5.14. The molecule has 0 atom stereocenters. The number of hydrogen-bond donors (Lipinski definition) is 0. The molecule has 34 heavy (non-hydrogen) atoms. The molecule has 0 N–H and O–H groups in total. The fraction of sp³-hybridized carbons (Fsp3) is 0.393. The summed E-state index contributed by atoms with van der Waals surface area (Å²) in [6, 6.07) is 19.7. The van der Waals surface area contributed by atoms with Gasteiger partial charge in [0, 0.05) is 19.3 Å². The molecule has 1 saturated heterocycles. The molecule has 178 valence electrons. The predicted octanol–water partition coefficient (Wildman–Crippen LogP) is 5.04. The van der Waals surface area contributed by atoms with Crippen LogP contribution in [0.2, 0.25) is 0 Å². The van der Waals surface area contributed by atoms with Gasteiger partial charge in [-0.2, -0.15) is 0 Å². The maximum atomic E-state index is 12.6. The van der Waals surface area contributed by atoms with Crippen LogP contribution >= 0.6 is 0 Å². The summed E-state index contributed by atoms with van der Waals surface area (Å²) in [4.78, 5) is 6.64. The topological polar surface area (TPSA) is 59.5 Å². The standard InChI is InChI=1S/C28H32N2O3S/c1-2-30-17-14-28(15-18-30)13-12-25-19-24(10-11-27(25)33-28)23-8-6-22(7-9-23)20-34(31,32)21-26-5-3-4-16-29-26/h3-11,16,19H,2,12-15,17-18,20-21H2,1H3. The summed E-state index contributed by atoms with van der Waals surface area (Å²) in [5.41, 5.74) is 4.87. The van der Waals surface area contributed by atoms with Gasteiger partial charge in [-0.25, -0.2) is 8.42 Å². The molecule has 0 bridgehead atoms. The molecular formula is C28H32N2O3S. The van der Waals surface area contributed by atoms with Gasteiger partial charge in [-0.1, -0.05) is 43.3 Å². The summed E-state index contributed by atoms with van der Waals surface area (Å²) < 4.78 is 31.8. The Kier molecular flexibility index (Phi) is 6.45. The Balaban J connectivity index is 1.26. The van der Waals surface area contributed by atoms with Crippen LogP contribution in [0, 0.1) is 0 Å². The third-order valence-corrected chi connectivity index (χ3v) is 8.73. The normalized spacial score (nSPS) is 17.8. The quantitative estimate of drug-likeness (QED) is 0.499. The van der Waals surface area contributed by atoms with Crippen molar-refractivity contribution >= 4 is 9.84 Å². The summed E-state index contributed by atoms with van der Waals surface area (Å²) in [6.07, 6.45) is 5.95. The van der Waals surface area contributed by atoms with Crippen molar-refractivity contribution in [1.82, 2.24) is 9.88 Å². The van der Waals surface area contributed by atoms with Gasteiger partial charge in [0.2, 0.25) is 0 Å². The highest BCUT2D eigenvalue weighted by atomic mass is 32.2. The molecule has 5 nitrogen and oxygen atoms in total. The first-order valence-corrected chi connectivity index (χ1v) is 14.0. The van der Waals surface area contributed by atoms with Gasteiger partial charge in [0.25, 0.3) is 0 Å². The molecule has 0 radical (unpaired) electrons. The van der Waals surface area contributed by atoms with Crippen LogP contribution in [0.3, 0.4) is 0 Å². The zero-order chi connectivity index (χ0) is 23.6. The highest BCUT2D eigenvalue weighted by Gasteiger charge is 2.39. The minimum Gasteiger partial charge on any atom is -0.487 e. The van der Waals surface area contributed by atoms with Crippen LogP contribution < -0.4 is 4.74 Å². The first-order chi connectivity index (χ1) is 16.4. The van der Waals surface area contributed by atoms with E-state index in [1.165, 1.54) is 5.56 Å². The number of likely N-dealkylation sites (tertiary alicyclic amines) is 1. The third-order valence-electron chi connectivity index (χ3n) is 7.22. The van der Waals surface area contributed by atoms with E-state index in [4.69, 9.17) is 4.74 Å². The summed E-state index contributed by atoms with van der Waals surface area (Å²) in [5.74, 6) is 0.995. The van der Waals surface area contributed by atoms with Gasteiger partial charge in [0.15, 0.2) is 9.84 Å². The molecule has 6 heteroatoms. The van der Waals surface area contributed by atoms with Gasteiger partial charge < -0.3 is 9.64 Å². The Bertz CT molecular complexity index is 1230. The van der Waals surface area contributed by atoms with Crippen LogP contribution in [0.15, 0.2) is 66.9 Å². The number of benzene rings is 2. The molecule has 1 fully saturated rings. The SMILES string of the molecule is CCN1CCC2(CCc3cc(-c4ccc(CS(=O)(=O)Cc5ccccn5)cc4)ccc3O2)CC1. The average Bonchev–Trinajstić information content (AvgIpc) is 2.85. The molecule has 1 spiro atoms. The van der Waals surface area contributed by atoms with Crippen LogP contribution in [-0.2, 0) is 27.8 Å². The van der Waals surface area contributed by atoms with E-state index in [-0.39, 0.29) is 17.1 Å². The minimum atomic E-state index is -3.28. The number of fused-ring (bicyclic) bond motifs is 1. The molecule has 3 heterocycles. The zero-order valence-corrected chi connectivity index (χ0v) is 20.6. The van der Waals surface area contributed by atoms with Gasteiger partial charge in [0.1, 0.15) is 11.4 Å². The number of sulfone groups is 1. The predicted molar refractivity (Wildman–Crippen MR) is 135 cm³/mol. The second kappa shape index (κ2) is 9.51. The molecule has 2 aliphatic heterocycles. The largest absolute Gasteiger partial charge is 0.487 e. The number of nitrogens with zero attached hydrogens (tertiary/aromatic N) is 2. The van der Waals surface area contributed by atoms with Crippen molar-refractivity contribution in [3.8, 4) is 16.9 Å². The summed E-state index contributed by atoms with van der Waals surface area (Å²) >= 11 is 0. The number of ether oxygens (including phenoxy) is 1. The van der Waals surface area contributed by atoms with Crippen LogP contribution in [0.5, 0.6) is 5.75 Å². The van der Waals surface area contributed by atoms with Crippen molar-refractivity contribution in [1.29, 1.82) is 0 Å². The Labute approximate surface area is 202 Å². The first-order valence-electron chi connectivity index (χ1n) is 12.2. The number of hydrogen-bond acceptors (Lipinski definition) is 5. The number of rotatable bonds is 6. The lowest BCUT2D eigenvalue weighted by atomic mass is 9.82. The molecule has 0 amide bonds. The highest BCUT2D eigenvalue weighted by molar-refractivity contribution is 7.89. The Morgan fingerprint density at radius 2 is 1.71 bits per heavy atom. The lowest BCUT2D eigenvalue weighted by Crippen LogP contribution is -2.49. The van der Waals surface area contributed by atoms with Gasteiger partial charge in [0.05, 0.1) is 17.2 Å². The van der Waals surface area contributed by atoms with E-state index in [0.29, 0.717) is 5.69 Å². The fourth-order valence-corrected chi connectivity index (χ4v) is 6.56. The minimum absolute atomic E-state index is 0.00258. The van der Waals surface area contributed by atoms with Crippen LogP contribution in [-0.4, -0.2) is 43.5 Å². The monoisotopic (exact) mass is 476 g/mol. The number of piperidine rings is 1. The van der Waals surface area contributed by atoms with Gasteiger partial charge in [-0.15, -0.1) is 0 Å². The molecule has 0 saturated carbocycles. The number of pyridine rings is 1. The lowest BCUT2D eigenvalue weighted by Gasteiger charge is -2.44. The van der Waals surface area contributed by atoms with E-state index in [9.17, 15) is 8.42 Å². The van der Waals surface area contributed by atoms with Crippen LogP contribution in [0.4, 0.5) is 0 Å². The maximum Gasteiger partial charge on any atom is 0.160 e. The average molecular weight is 477 g/mol. The van der Waals surface area contributed by atoms with Crippen molar-refractivity contribution in [2.24, 2.45) is 0 Å². The highest BCUT2D eigenvalue weighted by Crippen LogP contribution is 2.40. The number of aryl methyl sites for hydroxylation is 1. The van der Waals surface area contributed by atoms with Crippen molar-refractivity contribution in [3.63, 3.8) is 0 Å². The van der Waals surface area contributed by atoms with E-state index >= 15 is 0 Å². The molecule has 1 aromatic heterocycles. The lowest BCUT2D eigenvalue weighted by molar-refractivity contribution is -0.0132.